The molecule has 0 spiro atoms. The number of aromatic nitrogens is 3. The van der Waals surface area contributed by atoms with Crippen molar-refractivity contribution in [3.8, 4) is 6.07 Å². The lowest BCUT2D eigenvalue weighted by atomic mass is 10.1. The summed E-state index contributed by atoms with van der Waals surface area (Å²) in [5.41, 5.74) is 1.70. The highest BCUT2D eigenvalue weighted by atomic mass is 16.5. The summed E-state index contributed by atoms with van der Waals surface area (Å²) in [6.45, 7) is 4.13. The van der Waals surface area contributed by atoms with Crippen molar-refractivity contribution in [1.82, 2.24) is 15.0 Å². The zero-order chi connectivity index (χ0) is 12.4. The fourth-order valence-corrected chi connectivity index (χ4v) is 2.15. The van der Waals surface area contributed by atoms with Crippen LogP contribution in [-0.4, -0.2) is 22.1 Å². The van der Waals surface area contributed by atoms with E-state index in [1.54, 1.807) is 7.11 Å². The molecule has 5 heteroatoms. The molecule has 1 aromatic rings. The van der Waals surface area contributed by atoms with E-state index in [2.05, 4.69) is 23.3 Å². The summed E-state index contributed by atoms with van der Waals surface area (Å²) in [7, 11) is 1.67. The van der Waals surface area contributed by atoms with Crippen LogP contribution < -0.4 is 0 Å². The van der Waals surface area contributed by atoms with Gasteiger partial charge < -0.3 is 4.74 Å². The molecule has 5 nitrogen and oxygen atoms in total. The van der Waals surface area contributed by atoms with Crippen molar-refractivity contribution in [2.24, 2.45) is 5.92 Å². The van der Waals surface area contributed by atoms with Crippen molar-refractivity contribution >= 4 is 0 Å². The molecule has 1 saturated carbocycles. The quantitative estimate of drug-likeness (QED) is 0.782. The highest BCUT2D eigenvalue weighted by Gasteiger charge is 2.32. The maximum atomic E-state index is 8.80. The van der Waals surface area contributed by atoms with Crippen molar-refractivity contribution in [2.45, 2.75) is 45.3 Å². The van der Waals surface area contributed by atoms with Gasteiger partial charge >= 0.3 is 0 Å². The fraction of sp³-hybridized carbons (Fsp3) is 0.750. The fourth-order valence-electron chi connectivity index (χ4n) is 2.15. The molecule has 1 fully saturated rings. The number of nitrogens with zero attached hydrogens (tertiary/aromatic N) is 4. The van der Waals surface area contributed by atoms with Crippen LogP contribution in [0.3, 0.4) is 0 Å². The summed E-state index contributed by atoms with van der Waals surface area (Å²) in [6.07, 6.45) is 2.74. The average molecular weight is 234 g/mol. The van der Waals surface area contributed by atoms with Crippen LogP contribution in [0.15, 0.2) is 0 Å². The van der Waals surface area contributed by atoms with Crippen LogP contribution in [0.1, 0.15) is 50.2 Å². The molecule has 2 unspecified atom stereocenters. The van der Waals surface area contributed by atoms with Gasteiger partial charge in [-0.15, -0.1) is 5.10 Å². The minimum absolute atomic E-state index is 0.0745. The zero-order valence-corrected chi connectivity index (χ0v) is 10.6. The molecule has 0 aromatic carbocycles. The Morgan fingerprint density at radius 1 is 1.53 bits per heavy atom. The smallest absolute Gasteiger partial charge is 0.103 e. The zero-order valence-electron chi connectivity index (χ0n) is 10.6. The van der Waals surface area contributed by atoms with Gasteiger partial charge in [0.05, 0.1) is 30.3 Å². The molecule has 92 valence electrons. The second-order valence-electron chi connectivity index (χ2n) is 4.66. The Balaban J connectivity index is 2.33. The van der Waals surface area contributed by atoms with Gasteiger partial charge in [0, 0.05) is 7.11 Å². The first-order valence-electron chi connectivity index (χ1n) is 6.02. The van der Waals surface area contributed by atoms with Crippen molar-refractivity contribution in [3.63, 3.8) is 0 Å². The van der Waals surface area contributed by atoms with E-state index in [1.807, 2.05) is 11.6 Å². The van der Waals surface area contributed by atoms with Gasteiger partial charge in [-0.25, -0.2) is 4.68 Å². The molecule has 1 aromatic heterocycles. The number of hydrogen-bond donors (Lipinski definition) is 0. The summed E-state index contributed by atoms with van der Waals surface area (Å²) >= 11 is 0. The van der Waals surface area contributed by atoms with Crippen LogP contribution >= 0.6 is 0 Å². The third-order valence-electron chi connectivity index (χ3n) is 3.48. The molecule has 17 heavy (non-hydrogen) atoms. The van der Waals surface area contributed by atoms with E-state index < -0.39 is 0 Å². The molecule has 1 heterocycles. The standard InChI is InChI=1S/C12H18N4O/c1-8(10-4-5-10)16-12(9(2)17-3)11(6-7-13)14-15-16/h8-10H,4-6H2,1-3H3. The Kier molecular flexibility index (Phi) is 3.43. The van der Waals surface area contributed by atoms with Gasteiger partial charge in [-0.2, -0.15) is 5.26 Å². The predicted octanol–water partition coefficient (Wildman–Crippen LogP) is 2.02. The molecule has 1 aliphatic carbocycles. The molecule has 0 amide bonds. The van der Waals surface area contributed by atoms with Crippen molar-refractivity contribution < 1.29 is 4.74 Å². The third kappa shape index (κ3) is 2.32. The van der Waals surface area contributed by atoms with E-state index in [9.17, 15) is 0 Å². The molecule has 2 atom stereocenters. The van der Waals surface area contributed by atoms with Gasteiger partial charge in [-0.3, -0.25) is 0 Å². The van der Waals surface area contributed by atoms with Gasteiger partial charge in [-0.05, 0) is 32.6 Å². The van der Waals surface area contributed by atoms with Crippen LogP contribution in [0.25, 0.3) is 0 Å². The molecule has 0 bridgehead atoms. The first-order chi connectivity index (χ1) is 8.19. The number of rotatable bonds is 5. The van der Waals surface area contributed by atoms with Crippen molar-refractivity contribution in [3.05, 3.63) is 11.4 Å². The van der Waals surface area contributed by atoms with Crippen LogP contribution in [0.2, 0.25) is 0 Å². The summed E-state index contributed by atoms with van der Waals surface area (Å²) in [5, 5.41) is 17.1. The molecule has 0 aliphatic heterocycles. The summed E-state index contributed by atoms with van der Waals surface area (Å²) in [4.78, 5) is 0. The second-order valence-corrected chi connectivity index (χ2v) is 4.66. The van der Waals surface area contributed by atoms with Crippen molar-refractivity contribution in [2.75, 3.05) is 7.11 Å². The van der Waals surface area contributed by atoms with E-state index >= 15 is 0 Å². The van der Waals surface area contributed by atoms with Crippen LogP contribution in [0.4, 0.5) is 0 Å². The monoisotopic (exact) mass is 234 g/mol. The predicted molar refractivity (Wildman–Crippen MR) is 62.2 cm³/mol. The summed E-state index contributed by atoms with van der Waals surface area (Å²) in [5.74, 6) is 0.703. The minimum atomic E-state index is -0.0745. The van der Waals surface area contributed by atoms with E-state index in [-0.39, 0.29) is 6.10 Å². The van der Waals surface area contributed by atoms with E-state index in [1.165, 1.54) is 12.8 Å². The molecule has 1 aliphatic rings. The highest BCUT2D eigenvalue weighted by Crippen LogP contribution is 2.40. The van der Waals surface area contributed by atoms with Crippen molar-refractivity contribution in [1.29, 1.82) is 5.26 Å². The Hall–Kier alpha value is -1.41. The third-order valence-corrected chi connectivity index (χ3v) is 3.48. The first-order valence-corrected chi connectivity index (χ1v) is 6.02. The van der Waals surface area contributed by atoms with E-state index in [4.69, 9.17) is 10.00 Å². The molecule has 2 rings (SSSR count). The molecule has 0 radical (unpaired) electrons. The number of hydrogen-bond acceptors (Lipinski definition) is 4. The van der Waals surface area contributed by atoms with Gasteiger partial charge in [-0.1, -0.05) is 5.21 Å². The summed E-state index contributed by atoms with van der Waals surface area (Å²) in [6, 6.07) is 2.48. The van der Waals surface area contributed by atoms with Crippen LogP contribution in [0, 0.1) is 17.2 Å². The van der Waals surface area contributed by atoms with E-state index in [0.717, 1.165) is 11.4 Å². The Morgan fingerprint density at radius 2 is 2.24 bits per heavy atom. The highest BCUT2D eigenvalue weighted by molar-refractivity contribution is 5.17. The number of ether oxygens (including phenoxy) is 1. The average Bonchev–Trinajstić information content (AvgIpc) is 3.09. The molecular formula is C12H18N4O. The Labute approximate surface area is 101 Å². The lowest BCUT2D eigenvalue weighted by Crippen LogP contribution is -2.15. The summed E-state index contributed by atoms with van der Waals surface area (Å²) < 4.78 is 7.31. The topological polar surface area (TPSA) is 63.7 Å². The Morgan fingerprint density at radius 3 is 2.76 bits per heavy atom. The molecular weight excluding hydrogens is 216 g/mol. The van der Waals surface area contributed by atoms with E-state index in [0.29, 0.717) is 18.4 Å². The lowest BCUT2D eigenvalue weighted by molar-refractivity contribution is 0.108. The maximum absolute atomic E-state index is 8.80. The molecule has 0 saturated heterocycles. The first kappa shape index (κ1) is 12.1. The minimum Gasteiger partial charge on any atom is -0.375 e. The second kappa shape index (κ2) is 4.84. The largest absolute Gasteiger partial charge is 0.375 e. The lowest BCUT2D eigenvalue weighted by Gasteiger charge is -2.17. The number of methoxy groups -OCH3 is 1. The normalized spacial score (nSPS) is 18.7. The molecule has 0 N–H and O–H groups in total. The number of nitriles is 1. The Bertz CT molecular complexity index is 430. The SMILES string of the molecule is COC(C)c1c(CC#N)nnn1C(C)C1CC1. The van der Waals surface area contributed by atoms with Gasteiger partial charge in [0.2, 0.25) is 0 Å². The maximum Gasteiger partial charge on any atom is 0.103 e. The van der Waals surface area contributed by atoms with Gasteiger partial charge in [0.1, 0.15) is 5.69 Å². The van der Waals surface area contributed by atoms with Crippen LogP contribution in [0.5, 0.6) is 0 Å². The van der Waals surface area contributed by atoms with Gasteiger partial charge in [0.15, 0.2) is 0 Å². The van der Waals surface area contributed by atoms with Crippen LogP contribution in [-0.2, 0) is 11.2 Å². The van der Waals surface area contributed by atoms with Gasteiger partial charge in [0.25, 0.3) is 0 Å².